The molecule has 24 heavy (non-hydrogen) atoms. The molecule has 0 aromatic heterocycles. The number of piperidine rings is 1. The van der Waals surface area contributed by atoms with Gasteiger partial charge < -0.3 is 0 Å². The van der Waals surface area contributed by atoms with Gasteiger partial charge in [0.05, 0.1) is 13.0 Å². The van der Waals surface area contributed by atoms with Crippen LogP contribution in [-0.4, -0.2) is 33.9 Å². The third-order valence-electron chi connectivity index (χ3n) is 5.97. The summed E-state index contributed by atoms with van der Waals surface area (Å²) in [4.78, 5) is 0.413. The number of benzene rings is 1. The molecule has 1 aliphatic heterocycles. The topological polar surface area (TPSA) is 37.4 Å². The molecule has 3 nitrogen and oxygen atoms in total. The van der Waals surface area contributed by atoms with E-state index >= 15 is 0 Å². The van der Waals surface area contributed by atoms with Crippen LogP contribution in [0.1, 0.15) is 19.4 Å². The van der Waals surface area contributed by atoms with Crippen LogP contribution in [0.25, 0.3) is 0 Å². The molecule has 1 saturated carbocycles. The summed E-state index contributed by atoms with van der Waals surface area (Å²) >= 11 is 0. The van der Waals surface area contributed by atoms with Crippen molar-refractivity contribution < 1.29 is 8.42 Å². The molecule has 1 aliphatic carbocycles. The van der Waals surface area contributed by atoms with E-state index in [2.05, 4.69) is 45.3 Å². The minimum Gasteiger partial charge on any atom is -0.207 e. The Kier molecular flexibility index (Phi) is 3.94. The number of hydrogen-bond donors (Lipinski definition) is 0. The fourth-order valence-corrected chi connectivity index (χ4v) is 6.40. The van der Waals surface area contributed by atoms with Crippen molar-refractivity contribution in [3.8, 4) is 0 Å². The lowest BCUT2D eigenvalue weighted by molar-refractivity contribution is 0.334. The van der Waals surface area contributed by atoms with Crippen LogP contribution in [0, 0.1) is 23.7 Å². The Bertz CT molecular complexity index is 775. The standard InChI is InChI=1S/C19H29NO2SSi/c1-15-7-9-16(10-8-15)23(21,22)20-13-17-18(2,3)19(17,14-20)11-12-24(4,5)6/h7-12,17H,13-14H2,1-6H3/b12-11-. The molecule has 1 heterocycles. The van der Waals surface area contributed by atoms with Gasteiger partial charge in [-0.25, -0.2) is 8.42 Å². The lowest BCUT2D eigenvalue weighted by Crippen LogP contribution is -2.35. The van der Waals surface area contributed by atoms with E-state index in [1.807, 2.05) is 19.1 Å². The van der Waals surface area contributed by atoms with Crippen molar-refractivity contribution in [1.29, 1.82) is 0 Å². The Balaban J connectivity index is 1.87. The van der Waals surface area contributed by atoms with E-state index < -0.39 is 18.1 Å². The normalized spacial score (nSPS) is 29.8. The first kappa shape index (κ1) is 17.9. The average molecular weight is 364 g/mol. The van der Waals surface area contributed by atoms with E-state index in [1.54, 1.807) is 16.4 Å². The molecule has 2 aliphatic rings. The van der Waals surface area contributed by atoms with Gasteiger partial charge in [-0.1, -0.05) is 63.0 Å². The Morgan fingerprint density at radius 3 is 2.29 bits per heavy atom. The maximum atomic E-state index is 13.0. The van der Waals surface area contributed by atoms with Crippen molar-refractivity contribution in [3.05, 3.63) is 41.6 Å². The Morgan fingerprint density at radius 2 is 1.75 bits per heavy atom. The molecule has 0 radical (unpaired) electrons. The summed E-state index contributed by atoms with van der Waals surface area (Å²) in [6, 6.07) is 7.19. The summed E-state index contributed by atoms with van der Waals surface area (Å²) < 4.78 is 27.7. The number of aryl methyl sites for hydroxylation is 1. The van der Waals surface area contributed by atoms with Crippen molar-refractivity contribution in [2.45, 2.75) is 45.3 Å². The molecule has 2 fully saturated rings. The van der Waals surface area contributed by atoms with Crippen LogP contribution in [0.5, 0.6) is 0 Å². The highest BCUT2D eigenvalue weighted by atomic mass is 32.2. The van der Waals surface area contributed by atoms with Crippen LogP contribution in [-0.2, 0) is 10.0 Å². The summed E-state index contributed by atoms with van der Waals surface area (Å²) in [5, 5.41) is 0. The Labute approximate surface area is 147 Å². The van der Waals surface area contributed by atoms with E-state index in [9.17, 15) is 8.42 Å². The van der Waals surface area contributed by atoms with Crippen molar-refractivity contribution in [3.63, 3.8) is 0 Å². The predicted molar refractivity (Wildman–Crippen MR) is 102 cm³/mol. The van der Waals surface area contributed by atoms with Crippen molar-refractivity contribution in [2.24, 2.45) is 16.7 Å². The third-order valence-corrected chi connectivity index (χ3v) is 8.97. The second-order valence-electron chi connectivity index (χ2n) is 9.12. The molecule has 1 aromatic carbocycles. The van der Waals surface area contributed by atoms with Crippen LogP contribution < -0.4 is 0 Å². The van der Waals surface area contributed by atoms with Crippen molar-refractivity contribution >= 4 is 18.1 Å². The number of sulfonamides is 1. The maximum Gasteiger partial charge on any atom is 0.243 e. The first-order valence-electron chi connectivity index (χ1n) is 8.67. The first-order valence-corrected chi connectivity index (χ1v) is 13.7. The largest absolute Gasteiger partial charge is 0.243 e. The molecular weight excluding hydrogens is 334 g/mol. The molecule has 0 bridgehead atoms. The highest BCUT2D eigenvalue weighted by Gasteiger charge is 2.74. The third kappa shape index (κ3) is 2.70. The molecule has 2 unspecified atom stereocenters. The highest BCUT2D eigenvalue weighted by molar-refractivity contribution is 7.89. The van der Waals surface area contributed by atoms with E-state index in [-0.39, 0.29) is 10.8 Å². The van der Waals surface area contributed by atoms with Crippen LogP contribution in [0.2, 0.25) is 19.6 Å². The van der Waals surface area contributed by atoms with Gasteiger partial charge in [0.1, 0.15) is 0 Å². The number of hydrogen-bond acceptors (Lipinski definition) is 2. The minimum absolute atomic E-state index is 0.0189. The second kappa shape index (κ2) is 5.29. The summed E-state index contributed by atoms with van der Waals surface area (Å²) in [6.07, 6.45) is 2.36. The van der Waals surface area contributed by atoms with Gasteiger partial charge in [0.2, 0.25) is 10.0 Å². The molecule has 0 N–H and O–H groups in total. The lowest BCUT2D eigenvalue weighted by Gasteiger charge is -2.25. The van der Waals surface area contributed by atoms with Gasteiger partial charge in [0, 0.05) is 18.5 Å². The molecular formula is C19H29NO2SSi. The minimum atomic E-state index is -3.39. The average Bonchev–Trinajstić information content (AvgIpc) is 2.79. The second-order valence-corrected chi connectivity index (χ2v) is 16.1. The molecule has 0 spiro atoms. The number of nitrogens with zero attached hydrogens (tertiary/aromatic N) is 1. The Hall–Kier alpha value is -0.913. The number of rotatable bonds is 4. The molecule has 3 rings (SSSR count). The van der Waals surface area contributed by atoms with Crippen LogP contribution in [0.15, 0.2) is 40.9 Å². The zero-order chi connectivity index (χ0) is 18.0. The van der Waals surface area contributed by atoms with E-state index in [0.717, 1.165) is 5.56 Å². The molecule has 0 amide bonds. The number of fused-ring (bicyclic) bond motifs is 1. The SMILES string of the molecule is Cc1ccc(S(=O)(=O)N2CC3C(C)(C)C3(/C=C\[Si](C)(C)C)C2)cc1. The molecule has 1 saturated heterocycles. The van der Waals surface area contributed by atoms with Gasteiger partial charge in [-0.2, -0.15) is 4.31 Å². The summed E-state index contributed by atoms with van der Waals surface area (Å²) in [5.74, 6) is 0.429. The lowest BCUT2D eigenvalue weighted by atomic mass is 9.96. The van der Waals surface area contributed by atoms with E-state index in [4.69, 9.17) is 0 Å². The zero-order valence-corrected chi connectivity index (χ0v) is 17.4. The monoisotopic (exact) mass is 363 g/mol. The zero-order valence-electron chi connectivity index (χ0n) is 15.6. The maximum absolute atomic E-state index is 13.0. The molecule has 2 atom stereocenters. The van der Waals surface area contributed by atoms with Gasteiger partial charge in [-0.05, 0) is 30.4 Å². The van der Waals surface area contributed by atoms with Gasteiger partial charge in [-0.15, -0.1) is 0 Å². The van der Waals surface area contributed by atoms with Gasteiger partial charge in [0.15, 0.2) is 0 Å². The van der Waals surface area contributed by atoms with E-state index in [1.165, 1.54) is 0 Å². The fraction of sp³-hybridized carbons (Fsp3) is 0.579. The Morgan fingerprint density at radius 1 is 1.17 bits per heavy atom. The van der Waals surface area contributed by atoms with Crippen molar-refractivity contribution in [1.82, 2.24) is 4.31 Å². The van der Waals surface area contributed by atoms with Crippen molar-refractivity contribution in [2.75, 3.05) is 13.1 Å². The van der Waals surface area contributed by atoms with Gasteiger partial charge >= 0.3 is 0 Å². The highest BCUT2D eigenvalue weighted by Crippen LogP contribution is 2.73. The van der Waals surface area contributed by atoms with Crippen LogP contribution >= 0.6 is 0 Å². The van der Waals surface area contributed by atoms with Crippen LogP contribution in [0.3, 0.4) is 0 Å². The quantitative estimate of drug-likeness (QED) is 0.756. The summed E-state index contributed by atoms with van der Waals surface area (Å²) in [6.45, 7) is 14.7. The summed E-state index contributed by atoms with van der Waals surface area (Å²) in [7, 11) is -4.68. The summed E-state index contributed by atoms with van der Waals surface area (Å²) in [5.41, 5.74) is 3.68. The van der Waals surface area contributed by atoms with Gasteiger partial charge in [-0.3, -0.25) is 0 Å². The fourth-order valence-electron chi connectivity index (χ4n) is 4.09. The molecule has 1 aromatic rings. The van der Waals surface area contributed by atoms with Crippen LogP contribution in [0.4, 0.5) is 0 Å². The predicted octanol–water partition coefficient (Wildman–Crippen LogP) is 4.08. The first-order chi connectivity index (χ1) is 10.9. The molecule has 5 heteroatoms. The smallest absolute Gasteiger partial charge is 0.207 e. The molecule has 132 valence electrons. The van der Waals surface area contributed by atoms with Gasteiger partial charge in [0.25, 0.3) is 0 Å². The van der Waals surface area contributed by atoms with E-state index in [0.29, 0.717) is 23.9 Å².